The molecule has 1 aliphatic heterocycles. The van der Waals surface area contributed by atoms with E-state index in [4.69, 9.17) is 0 Å². The third-order valence-corrected chi connectivity index (χ3v) is 1.65. The molecule has 2 amide bonds. The molecule has 0 aliphatic carbocycles. The van der Waals surface area contributed by atoms with Crippen molar-refractivity contribution < 1.29 is 4.79 Å². The zero-order chi connectivity index (χ0) is 8.39. The van der Waals surface area contributed by atoms with Crippen LogP contribution in [0.1, 0.15) is 0 Å². The molecule has 1 saturated heterocycles. The zero-order valence-electron chi connectivity index (χ0n) is 6.32. The van der Waals surface area contributed by atoms with Gasteiger partial charge >= 0.3 is 6.03 Å². The fraction of sp³-hybridized carbons (Fsp3) is 0.286. The van der Waals surface area contributed by atoms with Crippen molar-refractivity contribution >= 4 is 11.8 Å². The Kier molecular flexibility index (Phi) is 1.62. The van der Waals surface area contributed by atoms with Gasteiger partial charge in [0.25, 0.3) is 0 Å². The second-order valence-electron chi connectivity index (χ2n) is 2.40. The maximum atomic E-state index is 11.1. The number of nitrogens with one attached hydrogen (secondary N) is 1. The highest BCUT2D eigenvalue weighted by molar-refractivity contribution is 5.92. The fourth-order valence-corrected chi connectivity index (χ4v) is 1.09. The van der Waals surface area contributed by atoms with Crippen LogP contribution in [0.2, 0.25) is 0 Å². The molecule has 1 aliphatic rings. The predicted octanol–water partition coefficient (Wildman–Crippen LogP) is -0.194. The van der Waals surface area contributed by atoms with Gasteiger partial charge in [-0.3, -0.25) is 4.90 Å². The van der Waals surface area contributed by atoms with E-state index in [-0.39, 0.29) is 6.03 Å². The molecular weight excluding hydrogens is 156 g/mol. The lowest BCUT2D eigenvalue weighted by Gasteiger charge is -2.10. The monoisotopic (exact) mass is 163 g/mol. The molecule has 1 N–H and O–H groups in total. The van der Waals surface area contributed by atoms with Gasteiger partial charge in [-0.2, -0.15) is 0 Å². The van der Waals surface area contributed by atoms with Crippen molar-refractivity contribution in [2.24, 2.45) is 0 Å². The van der Waals surface area contributed by atoms with Crippen molar-refractivity contribution in [2.45, 2.75) is 0 Å². The van der Waals surface area contributed by atoms with Crippen molar-refractivity contribution in [1.29, 1.82) is 0 Å². The molecule has 0 atom stereocenters. The second-order valence-corrected chi connectivity index (χ2v) is 2.40. The molecule has 5 nitrogen and oxygen atoms in total. The van der Waals surface area contributed by atoms with Crippen LogP contribution in [0.25, 0.3) is 0 Å². The molecule has 5 heteroatoms. The molecule has 1 aromatic rings. The lowest BCUT2D eigenvalue weighted by Crippen LogP contribution is -2.28. The summed E-state index contributed by atoms with van der Waals surface area (Å²) >= 11 is 0. The van der Waals surface area contributed by atoms with Gasteiger partial charge in [-0.1, -0.05) is 0 Å². The number of rotatable bonds is 1. The minimum absolute atomic E-state index is 0.115. The SMILES string of the molecule is O=C1NCCN1c1cc[c]nn1. The Labute approximate surface area is 69.4 Å². The molecule has 0 saturated carbocycles. The highest BCUT2D eigenvalue weighted by Gasteiger charge is 2.21. The Morgan fingerprint density at radius 1 is 1.67 bits per heavy atom. The van der Waals surface area contributed by atoms with Gasteiger partial charge in [0.2, 0.25) is 0 Å². The summed E-state index contributed by atoms with van der Waals surface area (Å²) < 4.78 is 0. The van der Waals surface area contributed by atoms with E-state index in [1.54, 1.807) is 17.0 Å². The number of amides is 2. The van der Waals surface area contributed by atoms with Crippen LogP contribution >= 0.6 is 0 Å². The maximum absolute atomic E-state index is 11.1. The van der Waals surface area contributed by atoms with Gasteiger partial charge in [-0.05, 0) is 12.1 Å². The number of hydrogen-bond donors (Lipinski definition) is 1. The Hall–Kier alpha value is -1.65. The summed E-state index contributed by atoms with van der Waals surface area (Å²) in [6.07, 6.45) is 2.55. The van der Waals surface area contributed by atoms with Crippen LogP contribution in [0.3, 0.4) is 0 Å². The van der Waals surface area contributed by atoms with E-state index in [1.165, 1.54) is 0 Å². The van der Waals surface area contributed by atoms with Gasteiger partial charge in [0.05, 0.1) is 0 Å². The molecular formula is C7H7N4O. The number of aromatic nitrogens is 2. The normalized spacial score (nSPS) is 16.3. The Balaban J connectivity index is 2.25. The van der Waals surface area contributed by atoms with Crippen molar-refractivity contribution in [1.82, 2.24) is 15.5 Å². The predicted molar refractivity (Wildman–Crippen MR) is 41.6 cm³/mol. The van der Waals surface area contributed by atoms with Crippen LogP contribution in [0.15, 0.2) is 12.1 Å². The quantitative estimate of drug-likeness (QED) is 0.624. The summed E-state index contributed by atoms with van der Waals surface area (Å²) in [7, 11) is 0. The summed E-state index contributed by atoms with van der Waals surface area (Å²) in [6, 6.07) is 3.22. The topological polar surface area (TPSA) is 58.1 Å². The smallest absolute Gasteiger partial charge is 0.323 e. The standard InChI is InChI=1S/C7H7N4O/c12-7-8-4-5-11(7)6-2-1-3-9-10-6/h1-2H,4-5H2,(H,8,12). The van der Waals surface area contributed by atoms with Gasteiger partial charge in [-0.15, -0.1) is 10.2 Å². The number of urea groups is 1. The van der Waals surface area contributed by atoms with Crippen LogP contribution in [0.5, 0.6) is 0 Å². The van der Waals surface area contributed by atoms with Crippen molar-refractivity contribution in [2.75, 3.05) is 18.0 Å². The summed E-state index contributed by atoms with van der Waals surface area (Å²) in [5.74, 6) is 0.573. The first-order chi connectivity index (χ1) is 5.88. The van der Waals surface area contributed by atoms with E-state index in [1.807, 2.05) is 0 Å². The average Bonchev–Trinajstić information content (AvgIpc) is 2.53. The van der Waals surface area contributed by atoms with Crippen LogP contribution < -0.4 is 10.2 Å². The van der Waals surface area contributed by atoms with Crippen molar-refractivity contribution in [3.63, 3.8) is 0 Å². The molecule has 2 heterocycles. The first kappa shape index (κ1) is 7.02. The number of anilines is 1. The van der Waals surface area contributed by atoms with E-state index in [0.717, 1.165) is 0 Å². The molecule has 1 aromatic heterocycles. The van der Waals surface area contributed by atoms with Gasteiger partial charge in [0.15, 0.2) is 5.82 Å². The van der Waals surface area contributed by atoms with Gasteiger partial charge in [0, 0.05) is 13.1 Å². The Morgan fingerprint density at radius 3 is 3.17 bits per heavy atom. The van der Waals surface area contributed by atoms with Crippen LogP contribution in [-0.4, -0.2) is 29.3 Å². The van der Waals surface area contributed by atoms with Gasteiger partial charge < -0.3 is 5.32 Å². The van der Waals surface area contributed by atoms with E-state index in [9.17, 15) is 4.79 Å². The van der Waals surface area contributed by atoms with Crippen molar-refractivity contribution in [3.8, 4) is 0 Å². The first-order valence-corrected chi connectivity index (χ1v) is 3.63. The molecule has 1 radical (unpaired) electrons. The molecule has 1 fully saturated rings. The Morgan fingerprint density at radius 2 is 2.58 bits per heavy atom. The third-order valence-electron chi connectivity index (χ3n) is 1.65. The highest BCUT2D eigenvalue weighted by Crippen LogP contribution is 2.09. The zero-order valence-corrected chi connectivity index (χ0v) is 6.32. The van der Waals surface area contributed by atoms with Gasteiger partial charge in [0.1, 0.15) is 6.20 Å². The lowest BCUT2D eigenvalue weighted by atomic mass is 10.5. The highest BCUT2D eigenvalue weighted by atomic mass is 16.2. The molecule has 2 rings (SSSR count). The van der Waals surface area contributed by atoms with Crippen LogP contribution in [-0.2, 0) is 0 Å². The summed E-state index contributed by atoms with van der Waals surface area (Å²) in [4.78, 5) is 12.7. The van der Waals surface area contributed by atoms with E-state index in [2.05, 4.69) is 21.7 Å². The van der Waals surface area contributed by atoms with E-state index in [0.29, 0.717) is 18.9 Å². The van der Waals surface area contributed by atoms with Crippen LogP contribution in [0, 0.1) is 6.20 Å². The summed E-state index contributed by atoms with van der Waals surface area (Å²) in [5, 5.41) is 10.0. The number of carbonyl (C=O) groups excluding carboxylic acids is 1. The Bertz CT molecular complexity index is 287. The molecule has 12 heavy (non-hydrogen) atoms. The third kappa shape index (κ3) is 1.09. The summed E-state index contributed by atoms with van der Waals surface area (Å²) in [5.41, 5.74) is 0. The minimum Gasteiger partial charge on any atom is -0.336 e. The molecule has 61 valence electrons. The molecule has 0 unspecified atom stereocenters. The van der Waals surface area contributed by atoms with Gasteiger partial charge in [-0.25, -0.2) is 4.79 Å². The fourth-order valence-electron chi connectivity index (χ4n) is 1.09. The van der Waals surface area contributed by atoms with Crippen molar-refractivity contribution in [3.05, 3.63) is 18.3 Å². The largest absolute Gasteiger partial charge is 0.336 e. The first-order valence-electron chi connectivity index (χ1n) is 3.63. The molecule has 0 spiro atoms. The number of nitrogens with zero attached hydrogens (tertiary/aromatic N) is 3. The second kappa shape index (κ2) is 2.77. The molecule has 0 aromatic carbocycles. The van der Waals surface area contributed by atoms with E-state index < -0.39 is 0 Å². The van der Waals surface area contributed by atoms with E-state index >= 15 is 0 Å². The summed E-state index contributed by atoms with van der Waals surface area (Å²) in [6.45, 7) is 1.32. The number of hydrogen-bond acceptors (Lipinski definition) is 3. The number of carbonyl (C=O) groups is 1. The lowest BCUT2D eigenvalue weighted by molar-refractivity contribution is 0.252. The average molecular weight is 163 g/mol. The molecule has 0 bridgehead atoms. The van der Waals surface area contributed by atoms with Crippen LogP contribution in [0.4, 0.5) is 10.6 Å². The minimum atomic E-state index is -0.115. The maximum Gasteiger partial charge on any atom is 0.323 e.